The number of hydrogen-bond acceptors (Lipinski definition) is 4. The van der Waals surface area contributed by atoms with E-state index >= 15 is 0 Å². The van der Waals surface area contributed by atoms with Crippen molar-refractivity contribution >= 4 is 29.3 Å². The lowest BCUT2D eigenvalue weighted by molar-refractivity contribution is -0.136. The average molecular weight is 385 g/mol. The second-order valence-corrected chi connectivity index (χ2v) is 7.04. The Labute approximate surface area is 161 Å². The van der Waals surface area contributed by atoms with Crippen molar-refractivity contribution in [1.29, 1.82) is 0 Å². The minimum atomic E-state index is -0.636. The lowest BCUT2D eigenvalue weighted by Crippen LogP contribution is -2.52. The van der Waals surface area contributed by atoms with E-state index < -0.39 is 11.9 Å². The van der Waals surface area contributed by atoms with Crippen LogP contribution in [0.4, 0.5) is 0 Å². The molecule has 0 aliphatic carbocycles. The van der Waals surface area contributed by atoms with Crippen LogP contribution in [0.2, 0.25) is 5.02 Å². The van der Waals surface area contributed by atoms with Crippen LogP contribution in [-0.4, -0.2) is 28.7 Å². The van der Waals surface area contributed by atoms with Gasteiger partial charge in [0.05, 0.1) is 6.54 Å². The second-order valence-electron chi connectivity index (χ2n) is 6.60. The fraction of sp³-hybridized carbons (Fsp3) is 0.250. The Morgan fingerprint density at radius 2 is 1.96 bits per heavy atom. The topological polar surface area (TPSA) is 75.7 Å². The summed E-state index contributed by atoms with van der Waals surface area (Å²) in [5, 5.41) is 2.94. The van der Waals surface area contributed by atoms with Gasteiger partial charge in [-0.05, 0) is 36.2 Å². The molecule has 3 amide bonds. The molecule has 1 atom stereocenters. The van der Waals surface area contributed by atoms with Gasteiger partial charge in [-0.25, -0.2) is 0 Å². The van der Waals surface area contributed by atoms with Crippen LogP contribution in [0.5, 0.6) is 5.75 Å². The summed E-state index contributed by atoms with van der Waals surface area (Å²) in [7, 11) is 0. The Morgan fingerprint density at radius 3 is 2.74 bits per heavy atom. The molecule has 0 spiro atoms. The maximum absolute atomic E-state index is 12.8. The highest BCUT2D eigenvalue weighted by molar-refractivity contribution is 6.30. The van der Waals surface area contributed by atoms with Gasteiger partial charge < -0.3 is 9.64 Å². The van der Waals surface area contributed by atoms with Crippen molar-refractivity contribution in [3.8, 4) is 5.75 Å². The van der Waals surface area contributed by atoms with Crippen molar-refractivity contribution in [2.75, 3.05) is 0 Å². The third kappa shape index (κ3) is 3.40. The van der Waals surface area contributed by atoms with Gasteiger partial charge in [0, 0.05) is 22.6 Å². The molecule has 0 bridgehead atoms. The molecule has 7 heteroatoms. The minimum absolute atomic E-state index is 0.215. The van der Waals surface area contributed by atoms with E-state index in [0.29, 0.717) is 29.4 Å². The largest absolute Gasteiger partial charge is 0.489 e. The lowest BCUT2D eigenvalue weighted by atomic mass is 10.0. The fourth-order valence-electron chi connectivity index (χ4n) is 3.48. The number of amides is 3. The number of carbonyl (C=O) groups is 3. The zero-order valence-electron chi connectivity index (χ0n) is 14.4. The van der Waals surface area contributed by atoms with Crippen molar-refractivity contribution in [2.24, 2.45) is 0 Å². The molecule has 2 heterocycles. The minimum Gasteiger partial charge on any atom is -0.489 e. The molecular formula is C20H17ClN2O4. The molecule has 0 aromatic heterocycles. The average Bonchev–Trinajstić information content (AvgIpc) is 2.97. The Kier molecular flexibility index (Phi) is 4.58. The van der Waals surface area contributed by atoms with E-state index in [4.69, 9.17) is 16.3 Å². The molecule has 4 rings (SSSR count). The molecule has 2 aromatic rings. The summed E-state index contributed by atoms with van der Waals surface area (Å²) in [5.41, 5.74) is 2.21. The number of nitrogens with one attached hydrogen (secondary N) is 1. The summed E-state index contributed by atoms with van der Waals surface area (Å²) in [6.45, 7) is 0.607. The van der Waals surface area contributed by atoms with E-state index in [1.54, 1.807) is 18.2 Å². The number of benzene rings is 2. The van der Waals surface area contributed by atoms with E-state index in [1.165, 1.54) is 4.90 Å². The van der Waals surface area contributed by atoms with Gasteiger partial charge in [0.15, 0.2) is 0 Å². The van der Waals surface area contributed by atoms with Gasteiger partial charge in [-0.1, -0.05) is 29.8 Å². The van der Waals surface area contributed by atoms with Crippen LogP contribution < -0.4 is 10.1 Å². The zero-order valence-corrected chi connectivity index (χ0v) is 15.2. The van der Waals surface area contributed by atoms with Crippen molar-refractivity contribution in [2.45, 2.75) is 32.0 Å². The van der Waals surface area contributed by atoms with Crippen LogP contribution in [0.3, 0.4) is 0 Å². The number of hydrogen-bond donors (Lipinski definition) is 1. The summed E-state index contributed by atoms with van der Waals surface area (Å²) in [5.74, 6) is -0.330. The van der Waals surface area contributed by atoms with Crippen LogP contribution in [-0.2, 0) is 22.7 Å². The first kappa shape index (κ1) is 17.5. The Balaban J connectivity index is 1.54. The van der Waals surface area contributed by atoms with Gasteiger partial charge in [0.25, 0.3) is 5.91 Å². The van der Waals surface area contributed by atoms with E-state index in [9.17, 15) is 14.4 Å². The maximum Gasteiger partial charge on any atom is 0.255 e. The standard InChI is InChI=1S/C20H17ClN2O4/c21-13-4-1-3-12(9-13)11-27-17-6-2-5-14-15(17)10-23(20(14)26)16-7-8-18(24)22-19(16)25/h1-6,9,16H,7-8,10-11H2,(H,22,24,25). The van der Waals surface area contributed by atoms with Crippen molar-refractivity contribution in [3.05, 3.63) is 64.2 Å². The molecular weight excluding hydrogens is 368 g/mol. The maximum atomic E-state index is 12.8. The SMILES string of the molecule is O=C1CCC(N2Cc3c(OCc4cccc(Cl)c4)cccc3C2=O)C(=O)N1. The molecule has 27 heavy (non-hydrogen) atoms. The van der Waals surface area contributed by atoms with Crippen LogP contribution in [0.1, 0.15) is 34.3 Å². The molecule has 138 valence electrons. The number of carbonyl (C=O) groups excluding carboxylic acids is 3. The van der Waals surface area contributed by atoms with Gasteiger partial charge in [-0.15, -0.1) is 0 Å². The Morgan fingerprint density at radius 1 is 1.15 bits per heavy atom. The predicted octanol–water partition coefficient (Wildman–Crippen LogP) is 2.68. The fourth-order valence-corrected chi connectivity index (χ4v) is 3.69. The number of piperidine rings is 1. The van der Waals surface area contributed by atoms with E-state index in [1.807, 2.05) is 24.3 Å². The normalized spacial score (nSPS) is 19.1. The molecule has 2 aromatic carbocycles. The van der Waals surface area contributed by atoms with Gasteiger partial charge in [0.1, 0.15) is 18.4 Å². The molecule has 0 radical (unpaired) electrons. The molecule has 1 N–H and O–H groups in total. The van der Waals surface area contributed by atoms with Crippen LogP contribution in [0.15, 0.2) is 42.5 Å². The molecule has 1 unspecified atom stereocenters. The Hall–Kier alpha value is -2.86. The third-order valence-electron chi connectivity index (χ3n) is 4.82. The molecule has 1 saturated heterocycles. The zero-order chi connectivity index (χ0) is 19.0. The third-order valence-corrected chi connectivity index (χ3v) is 5.06. The van der Waals surface area contributed by atoms with Crippen LogP contribution in [0.25, 0.3) is 0 Å². The second kappa shape index (κ2) is 7.04. The highest BCUT2D eigenvalue weighted by atomic mass is 35.5. The van der Waals surface area contributed by atoms with Crippen molar-refractivity contribution in [3.63, 3.8) is 0 Å². The highest BCUT2D eigenvalue weighted by Gasteiger charge is 2.40. The molecule has 2 aliphatic heterocycles. The number of ether oxygens (including phenoxy) is 1. The molecule has 1 fully saturated rings. The van der Waals surface area contributed by atoms with E-state index in [-0.39, 0.29) is 24.8 Å². The number of imide groups is 1. The number of nitrogens with zero attached hydrogens (tertiary/aromatic N) is 1. The number of halogens is 1. The summed E-state index contributed by atoms with van der Waals surface area (Å²) < 4.78 is 5.93. The van der Waals surface area contributed by atoms with Crippen molar-refractivity contribution < 1.29 is 19.1 Å². The van der Waals surface area contributed by atoms with Gasteiger partial charge in [-0.2, -0.15) is 0 Å². The van der Waals surface area contributed by atoms with Gasteiger partial charge in [-0.3, -0.25) is 19.7 Å². The summed E-state index contributed by atoms with van der Waals surface area (Å²) >= 11 is 6.00. The first-order chi connectivity index (χ1) is 13.0. The quantitative estimate of drug-likeness (QED) is 0.822. The number of fused-ring (bicyclic) bond motifs is 1. The first-order valence-electron chi connectivity index (χ1n) is 8.67. The smallest absolute Gasteiger partial charge is 0.255 e. The molecule has 0 saturated carbocycles. The summed E-state index contributed by atoms with van der Waals surface area (Å²) in [6, 6.07) is 12.1. The lowest BCUT2D eigenvalue weighted by Gasteiger charge is -2.29. The van der Waals surface area contributed by atoms with Crippen LogP contribution >= 0.6 is 11.6 Å². The molecule has 6 nitrogen and oxygen atoms in total. The van der Waals surface area contributed by atoms with Crippen LogP contribution in [0, 0.1) is 0 Å². The first-order valence-corrected chi connectivity index (χ1v) is 9.04. The van der Waals surface area contributed by atoms with Gasteiger partial charge in [0.2, 0.25) is 11.8 Å². The summed E-state index contributed by atoms with van der Waals surface area (Å²) in [4.78, 5) is 37.8. The predicted molar refractivity (Wildman–Crippen MR) is 98.3 cm³/mol. The highest BCUT2D eigenvalue weighted by Crippen LogP contribution is 2.34. The number of rotatable bonds is 4. The summed E-state index contributed by atoms with van der Waals surface area (Å²) in [6.07, 6.45) is 0.567. The monoisotopic (exact) mass is 384 g/mol. The van der Waals surface area contributed by atoms with Gasteiger partial charge >= 0.3 is 0 Å². The van der Waals surface area contributed by atoms with Crippen molar-refractivity contribution in [1.82, 2.24) is 10.2 Å². The van der Waals surface area contributed by atoms with E-state index in [2.05, 4.69) is 5.32 Å². The molecule has 2 aliphatic rings. The Bertz CT molecular complexity index is 943. The van der Waals surface area contributed by atoms with E-state index in [0.717, 1.165) is 11.1 Å².